The number of benzene rings is 1. The van der Waals surface area contributed by atoms with Crippen molar-refractivity contribution in [2.45, 2.75) is 38.9 Å². The van der Waals surface area contributed by atoms with Gasteiger partial charge in [-0.2, -0.15) is 0 Å². The topological polar surface area (TPSA) is 26.7 Å². The SMILES string of the molecule is CC(c1cc(Br)ccc1O)N1CC(C)N(C)C(C)C1. The average molecular weight is 327 g/mol. The molecule has 0 saturated carbocycles. The first kappa shape index (κ1) is 14.8. The van der Waals surface area contributed by atoms with Crippen molar-refractivity contribution in [2.24, 2.45) is 0 Å². The fourth-order valence-corrected chi connectivity index (χ4v) is 3.20. The number of hydrogen-bond acceptors (Lipinski definition) is 3. The van der Waals surface area contributed by atoms with Crippen LogP contribution in [0.5, 0.6) is 5.75 Å². The molecule has 4 heteroatoms. The summed E-state index contributed by atoms with van der Waals surface area (Å²) in [6.45, 7) is 8.76. The van der Waals surface area contributed by atoms with E-state index in [2.05, 4.69) is 53.5 Å². The van der Waals surface area contributed by atoms with Gasteiger partial charge >= 0.3 is 0 Å². The summed E-state index contributed by atoms with van der Waals surface area (Å²) in [7, 11) is 2.19. The number of halogens is 1. The number of piperazine rings is 1. The van der Waals surface area contributed by atoms with Crippen molar-refractivity contribution in [2.75, 3.05) is 20.1 Å². The summed E-state index contributed by atoms with van der Waals surface area (Å²) in [5.74, 6) is 0.384. The Morgan fingerprint density at radius 2 is 1.84 bits per heavy atom. The highest BCUT2D eigenvalue weighted by Gasteiger charge is 2.30. The monoisotopic (exact) mass is 326 g/mol. The van der Waals surface area contributed by atoms with E-state index in [1.807, 2.05) is 12.1 Å². The van der Waals surface area contributed by atoms with Crippen LogP contribution in [0.15, 0.2) is 22.7 Å². The predicted molar refractivity (Wildman–Crippen MR) is 82.5 cm³/mol. The first-order chi connectivity index (χ1) is 8.90. The van der Waals surface area contributed by atoms with Crippen molar-refractivity contribution >= 4 is 15.9 Å². The number of phenolic OH excluding ortho intramolecular Hbond substituents is 1. The van der Waals surface area contributed by atoms with Crippen LogP contribution in [0.2, 0.25) is 0 Å². The van der Waals surface area contributed by atoms with E-state index in [-0.39, 0.29) is 6.04 Å². The van der Waals surface area contributed by atoms with E-state index in [1.165, 1.54) is 0 Å². The molecular weight excluding hydrogens is 304 g/mol. The molecule has 1 fully saturated rings. The standard InChI is InChI=1S/C15H23BrN2O/c1-10-8-18(9-11(2)17(10)4)12(3)14-7-13(16)5-6-15(14)19/h5-7,10-12,19H,8-9H2,1-4H3. The third-order valence-corrected chi connectivity index (χ3v) is 4.87. The molecule has 2 rings (SSSR count). The molecule has 1 N–H and O–H groups in total. The first-order valence-electron chi connectivity index (χ1n) is 6.84. The van der Waals surface area contributed by atoms with E-state index in [0.717, 1.165) is 23.1 Å². The first-order valence-corrected chi connectivity index (χ1v) is 7.64. The maximum absolute atomic E-state index is 10.1. The maximum atomic E-state index is 10.1. The minimum Gasteiger partial charge on any atom is -0.508 e. The summed E-state index contributed by atoms with van der Waals surface area (Å²) in [5.41, 5.74) is 0.998. The molecule has 1 saturated heterocycles. The van der Waals surface area contributed by atoms with Crippen LogP contribution >= 0.6 is 15.9 Å². The van der Waals surface area contributed by atoms with Crippen LogP contribution in [0.3, 0.4) is 0 Å². The Bertz CT molecular complexity index is 440. The lowest BCUT2D eigenvalue weighted by Crippen LogP contribution is -2.55. The van der Waals surface area contributed by atoms with Crippen LogP contribution in [0.1, 0.15) is 32.4 Å². The van der Waals surface area contributed by atoms with Crippen molar-refractivity contribution in [3.8, 4) is 5.75 Å². The van der Waals surface area contributed by atoms with Gasteiger partial charge in [0.15, 0.2) is 0 Å². The molecule has 19 heavy (non-hydrogen) atoms. The van der Waals surface area contributed by atoms with E-state index < -0.39 is 0 Å². The molecule has 1 aromatic rings. The van der Waals surface area contributed by atoms with Gasteiger partial charge in [0, 0.05) is 41.3 Å². The zero-order valence-electron chi connectivity index (χ0n) is 12.1. The molecule has 3 unspecified atom stereocenters. The van der Waals surface area contributed by atoms with Crippen LogP contribution in [0, 0.1) is 0 Å². The lowest BCUT2D eigenvalue weighted by molar-refractivity contribution is 0.0371. The number of likely N-dealkylation sites (N-methyl/N-ethyl adjacent to an activating group) is 1. The van der Waals surface area contributed by atoms with E-state index in [1.54, 1.807) is 6.07 Å². The van der Waals surface area contributed by atoms with Gasteiger partial charge in [-0.3, -0.25) is 9.80 Å². The fourth-order valence-electron chi connectivity index (χ4n) is 2.82. The molecule has 0 aliphatic carbocycles. The third kappa shape index (κ3) is 3.12. The quantitative estimate of drug-likeness (QED) is 0.903. The largest absolute Gasteiger partial charge is 0.508 e. The highest BCUT2D eigenvalue weighted by molar-refractivity contribution is 9.10. The summed E-state index contributed by atoms with van der Waals surface area (Å²) in [6.07, 6.45) is 0. The average Bonchev–Trinajstić information content (AvgIpc) is 2.37. The second-order valence-corrected chi connectivity index (χ2v) is 6.61. The Morgan fingerprint density at radius 3 is 2.42 bits per heavy atom. The van der Waals surface area contributed by atoms with E-state index in [0.29, 0.717) is 17.8 Å². The van der Waals surface area contributed by atoms with Gasteiger partial charge in [-0.1, -0.05) is 15.9 Å². The van der Waals surface area contributed by atoms with Crippen LogP contribution in [0.4, 0.5) is 0 Å². The molecule has 0 radical (unpaired) electrons. The minimum atomic E-state index is 0.232. The van der Waals surface area contributed by atoms with Crippen LogP contribution in [-0.4, -0.2) is 47.1 Å². The highest BCUT2D eigenvalue weighted by Crippen LogP contribution is 2.32. The van der Waals surface area contributed by atoms with E-state index >= 15 is 0 Å². The molecule has 0 bridgehead atoms. The zero-order chi connectivity index (χ0) is 14.2. The number of hydrogen-bond donors (Lipinski definition) is 1. The number of aromatic hydroxyl groups is 1. The van der Waals surface area contributed by atoms with Gasteiger partial charge in [0.2, 0.25) is 0 Å². The van der Waals surface area contributed by atoms with Gasteiger partial charge in [0.05, 0.1) is 0 Å². The Morgan fingerprint density at radius 1 is 1.26 bits per heavy atom. The maximum Gasteiger partial charge on any atom is 0.120 e. The summed E-state index contributed by atoms with van der Waals surface area (Å²) in [4.78, 5) is 4.88. The van der Waals surface area contributed by atoms with Crippen LogP contribution in [0.25, 0.3) is 0 Å². The number of nitrogens with zero attached hydrogens (tertiary/aromatic N) is 2. The minimum absolute atomic E-state index is 0.232. The highest BCUT2D eigenvalue weighted by atomic mass is 79.9. The van der Waals surface area contributed by atoms with Crippen LogP contribution < -0.4 is 0 Å². The predicted octanol–water partition coefficient (Wildman–Crippen LogP) is 3.24. The van der Waals surface area contributed by atoms with Gasteiger partial charge in [0.1, 0.15) is 5.75 Å². The van der Waals surface area contributed by atoms with Crippen molar-refractivity contribution in [1.29, 1.82) is 0 Å². The lowest BCUT2D eigenvalue weighted by Gasteiger charge is -2.45. The summed E-state index contributed by atoms with van der Waals surface area (Å²) < 4.78 is 1.02. The second-order valence-electron chi connectivity index (χ2n) is 5.70. The molecule has 106 valence electrons. The van der Waals surface area contributed by atoms with Gasteiger partial charge < -0.3 is 5.11 Å². The molecule has 0 aromatic heterocycles. The molecule has 3 nitrogen and oxygen atoms in total. The van der Waals surface area contributed by atoms with Crippen molar-refractivity contribution in [3.63, 3.8) is 0 Å². The lowest BCUT2D eigenvalue weighted by atomic mass is 10.0. The van der Waals surface area contributed by atoms with E-state index in [4.69, 9.17) is 0 Å². The summed E-state index contributed by atoms with van der Waals surface area (Å²) in [5, 5.41) is 10.1. The molecule has 0 spiro atoms. The van der Waals surface area contributed by atoms with Gasteiger partial charge in [-0.15, -0.1) is 0 Å². The Balaban J connectivity index is 2.19. The molecule has 1 aliphatic rings. The van der Waals surface area contributed by atoms with Crippen molar-refractivity contribution < 1.29 is 5.11 Å². The van der Waals surface area contributed by atoms with E-state index in [9.17, 15) is 5.11 Å². The van der Waals surface area contributed by atoms with Crippen molar-refractivity contribution in [1.82, 2.24) is 9.80 Å². The van der Waals surface area contributed by atoms with Gasteiger partial charge in [0.25, 0.3) is 0 Å². The fraction of sp³-hybridized carbons (Fsp3) is 0.600. The zero-order valence-corrected chi connectivity index (χ0v) is 13.7. The van der Waals surface area contributed by atoms with Crippen molar-refractivity contribution in [3.05, 3.63) is 28.2 Å². The number of phenols is 1. The third-order valence-electron chi connectivity index (χ3n) is 4.38. The summed E-state index contributed by atoms with van der Waals surface area (Å²) in [6, 6.07) is 6.98. The normalized spacial score (nSPS) is 27.4. The molecular formula is C15H23BrN2O. The molecule has 3 atom stereocenters. The number of rotatable bonds is 2. The Hall–Kier alpha value is -0.580. The molecule has 1 aliphatic heterocycles. The smallest absolute Gasteiger partial charge is 0.120 e. The summed E-state index contributed by atoms with van der Waals surface area (Å²) >= 11 is 3.48. The van der Waals surface area contributed by atoms with Gasteiger partial charge in [-0.05, 0) is 46.0 Å². The van der Waals surface area contributed by atoms with Crippen LogP contribution in [-0.2, 0) is 0 Å². The molecule has 1 aromatic carbocycles. The Kier molecular flexibility index (Phi) is 4.54. The molecule has 1 heterocycles. The Labute approximate surface area is 124 Å². The molecule has 0 amide bonds. The second kappa shape index (κ2) is 5.81. The van der Waals surface area contributed by atoms with Gasteiger partial charge in [-0.25, -0.2) is 0 Å².